The molecule has 0 unspecified atom stereocenters. The van der Waals surface area contributed by atoms with Crippen molar-refractivity contribution in [3.8, 4) is 0 Å². The molecule has 0 spiro atoms. The van der Waals surface area contributed by atoms with Crippen molar-refractivity contribution in [3.63, 3.8) is 0 Å². The Morgan fingerprint density at radius 2 is 1.03 bits per heavy atom. The molecule has 0 fully saturated rings. The molecule has 0 aliphatic heterocycles. The molecular formula is C16H6F19NO. The van der Waals surface area contributed by atoms with Crippen molar-refractivity contribution in [1.29, 1.82) is 0 Å². The van der Waals surface area contributed by atoms with E-state index in [4.69, 9.17) is 0 Å². The number of hydrogen-bond donors (Lipinski definition) is 1. The number of carbonyl (C=O) groups excluding carboxylic acids is 1. The van der Waals surface area contributed by atoms with Crippen molar-refractivity contribution in [1.82, 2.24) is 0 Å². The number of rotatable bonds is 9. The van der Waals surface area contributed by atoms with Crippen molar-refractivity contribution >= 4 is 11.6 Å². The van der Waals surface area contributed by atoms with Crippen LogP contribution in [0.2, 0.25) is 0 Å². The summed E-state index contributed by atoms with van der Waals surface area (Å²) in [6.07, 6.45) is -11.3. The van der Waals surface area contributed by atoms with E-state index in [2.05, 4.69) is 0 Å². The Hall–Kier alpha value is -2.64. The second kappa shape index (κ2) is 8.98. The topological polar surface area (TPSA) is 29.1 Å². The summed E-state index contributed by atoms with van der Waals surface area (Å²) in [4.78, 5) is 11.4. The predicted octanol–water partition coefficient (Wildman–Crippen LogP) is 7.36. The van der Waals surface area contributed by atoms with E-state index in [0.29, 0.717) is 11.4 Å². The molecule has 1 aromatic rings. The molecule has 1 rings (SSSR count). The second-order valence-electron chi connectivity index (χ2n) is 6.90. The van der Waals surface area contributed by atoms with Crippen LogP contribution < -0.4 is 5.32 Å². The molecule has 0 radical (unpaired) electrons. The van der Waals surface area contributed by atoms with Crippen molar-refractivity contribution in [2.45, 2.75) is 54.1 Å². The van der Waals surface area contributed by atoms with Crippen LogP contribution >= 0.6 is 0 Å². The Balaban J connectivity index is 3.54. The maximum absolute atomic E-state index is 13.8. The molecule has 0 atom stereocenters. The highest BCUT2D eigenvalue weighted by Gasteiger charge is 2.94. The van der Waals surface area contributed by atoms with E-state index < -0.39 is 71.2 Å². The minimum absolute atomic E-state index is 0.189. The zero-order valence-corrected chi connectivity index (χ0v) is 16.5. The zero-order chi connectivity index (χ0) is 29.8. The van der Waals surface area contributed by atoms with Gasteiger partial charge in [-0.15, -0.1) is 0 Å². The Labute approximate surface area is 190 Å². The van der Waals surface area contributed by atoms with Gasteiger partial charge in [0.05, 0.1) is 5.56 Å². The van der Waals surface area contributed by atoms with Gasteiger partial charge >= 0.3 is 60.0 Å². The molecule has 1 amide bonds. The van der Waals surface area contributed by atoms with E-state index >= 15 is 0 Å². The molecule has 0 aliphatic carbocycles. The molecule has 214 valence electrons. The third-order valence-electron chi connectivity index (χ3n) is 4.40. The van der Waals surface area contributed by atoms with E-state index in [1.807, 2.05) is 0 Å². The second-order valence-corrected chi connectivity index (χ2v) is 6.90. The standard InChI is InChI=1S/C16H6F19NO/c17-7(18)9(19,20)12(26,27)14(30,31)16(34,35)15(32,33)13(28,29)10(21,22)8(37)36-6-3-1-2-5(4-6)11(23,24)25/h1-4,7H,(H,36,37). The molecule has 0 aromatic heterocycles. The maximum Gasteiger partial charge on any atom is 0.416 e. The van der Waals surface area contributed by atoms with E-state index in [9.17, 15) is 88.2 Å². The zero-order valence-electron chi connectivity index (χ0n) is 16.5. The fraction of sp³-hybridized carbons (Fsp3) is 0.562. The molecule has 21 heteroatoms. The number of benzene rings is 1. The highest BCUT2D eigenvalue weighted by atomic mass is 19.4. The van der Waals surface area contributed by atoms with Gasteiger partial charge in [-0.1, -0.05) is 6.07 Å². The number of carbonyl (C=O) groups is 1. The first kappa shape index (κ1) is 32.4. The lowest BCUT2D eigenvalue weighted by Gasteiger charge is -2.42. The van der Waals surface area contributed by atoms with Crippen LogP contribution in [0, 0.1) is 0 Å². The molecule has 0 bridgehead atoms. The van der Waals surface area contributed by atoms with Crippen LogP contribution in [0.1, 0.15) is 5.56 Å². The smallest absolute Gasteiger partial charge is 0.321 e. The summed E-state index contributed by atoms with van der Waals surface area (Å²) in [5, 5.41) is 0.431. The largest absolute Gasteiger partial charge is 0.416 e. The fourth-order valence-electron chi connectivity index (χ4n) is 2.26. The van der Waals surface area contributed by atoms with Crippen molar-refractivity contribution in [2.75, 3.05) is 5.32 Å². The first-order chi connectivity index (χ1) is 16.0. The van der Waals surface area contributed by atoms with Gasteiger partial charge in [-0.25, -0.2) is 8.78 Å². The van der Waals surface area contributed by atoms with Crippen molar-refractivity contribution in [2.24, 2.45) is 0 Å². The summed E-state index contributed by atoms with van der Waals surface area (Å²) in [5.74, 6) is -61.3. The van der Waals surface area contributed by atoms with Gasteiger partial charge in [-0.3, -0.25) is 4.79 Å². The molecule has 0 aliphatic rings. The van der Waals surface area contributed by atoms with Crippen LogP contribution in [0.5, 0.6) is 0 Å². The SMILES string of the molecule is O=C(Nc1cccc(C(F)(F)F)c1)C(F)(F)C(F)(F)C(F)(F)C(F)(F)C(F)(F)C(F)(F)C(F)(F)C(F)F. The van der Waals surface area contributed by atoms with Crippen molar-refractivity contribution < 1.29 is 88.2 Å². The minimum atomic E-state index is -8.70. The Morgan fingerprint density at radius 1 is 0.622 bits per heavy atom. The molecule has 1 N–H and O–H groups in total. The maximum atomic E-state index is 13.8. The lowest BCUT2D eigenvalue weighted by atomic mass is 9.89. The van der Waals surface area contributed by atoms with E-state index in [0.717, 1.165) is 0 Å². The fourth-order valence-corrected chi connectivity index (χ4v) is 2.26. The normalized spacial score (nSPS) is 15.2. The number of anilines is 1. The van der Waals surface area contributed by atoms with Gasteiger partial charge in [-0.2, -0.15) is 74.6 Å². The molecular weight excluding hydrogens is 583 g/mol. The summed E-state index contributed by atoms with van der Waals surface area (Å²) in [6, 6.07) is 0.424. The molecule has 0 saturated heterocycles. The van der Waals surface area contributed by atoms with Crippen LogP contribution in [0.4, 0.5) is 89.1 Å². The lowest BCUT2D eigenvalue weighted by molar-refractivity contribution is -0.443. The van der Waals surface area contributed by atoms with Gasteiger partial charge < -0.3 is 5.32 Å². The van der Waals surface area contributed by atoms with Gasteiger partial charge in [0, 0.05) is 5.69 Å². The Bertz CT molecular complexity index is 996. The third-order valence-corrected chi connectivity index (χ3v) is 4.40. The van der Waals surface area contributed by atoms with Crippen LogP contribution in [0.3, 0.4) is 0 Å². The molecule has 37 heavy (non-hydrogen) atoms. The first-order valence-electron chi connectivity index (χ1n) is 8.46. The minimum Gasteiger partial charge on any atom is -0.321 e. The van der Waals surface area contributed by atoms with Gasteiger partial charge in [0.2, 0.25) is 0 Å². The lowest BCUT2D eigenvalue weighted by Crippen LogP contribution is -2.74. The summed E-state index contributed by atoms with van der Waals surface area (Å²) < 4.78 is 250. The summed E-state index contributed by atoms with van der Waals surface area (Å²) in [6.45, 7) is 0. The van der Waals surface area contributed by atoms with E-state index in [1.54, 1.807) is 0 Å². The van der Waals surface area contributed by atoms with Gasteiger partial charge in [0.1, 0.15) is 0 Å². The van der Waals surface area contributed by atoms with Crippen LogP contribution in [0.25, 0.3) is 0 Å². The third kappa shape index (κ3) is 4.72. The molecule has 0 heterocycles. The molecule has 2 nitrogen and oxygen atoms in total. The highest BCUT2D eigenvalue weighted by molar-refractivity contribution is 5.97. The average Bonchev–Trinajstić information content (AvgIpc) is 2.72. The molecule has 0 saturated carbocycles. The summed E-state index contributed by atoms with van der Waals surface area (Å²) in [5.41, 5.74) is -3.34. The average molecular weight is 589 g/mol. The number of nitrogens with one attached hydrogen (secondary N) is 1. The summed E-state index contributed by atoms with van der Waals surface area (Å²) in [7, 11) is 0. The number of halogens is 19. The van der Waals surface area contributed by atoms with Gasteiger partial charge in [0.15, 0.2) is 0 Å². The number of alkyl halides is 19. The summed E-state index contributed by atoms with van der Waals surface area (Å²) >= 11 is 0. The van der Waals surface area contributed by atoms with Crippen LogP contribution in [-0.2, 0) is 11.0 Å². The Kier molecular flexibility index (Phi) is 7.86. The quantitative estimate of drug-likeness (QED) is 0.300. The van der Waals surface area contributed by atoms with Crippen LogP contribution in [0.15, 0.2) is 24.3 Å². The van der Waals surface area contributed by atoms with Crippen LogP contribution in [-0.4, -0.2) is 53.8 Å². The highest BCUT2D eigenvalue weighted by Crippen LogP contribution is 2.62. The number of hydrogen-bond acceptors (Lipinski definition) is 1. The number of amides is 1. The van der Waals surface area contributed by atoms with E-state index in [-0.39, 0.29) is 18.2 Å². The van der Waals surface area contributed by atoms with E-state index in [1.165, 1.54) is 0 Å². The Morgan fingerprint density at radius 3 is 1.43 bits per heavy atom. The molecule has 1 aromatic carbocycles. The van der Waals surface area contributed by atoms with Gasteiger partial charge in [-0.05, 0) is 18.2 Å². The first-order valence-corrected chi connectivity index (χ1v) is 8.46. The van der Waals surface area contributed by atoms with Gasteiger partial charge in [0.25, 0.3) is 0 Å². The predicted molar refractivity (Wildman–Crippen MR) is 80.7 cm³/mol. The monoisotopic (exact) mass is 589 g/mol. The van der Waals surface area contributed by atoms with Crippen molar-refractivity contribution in [3.05, 3.63) is 29.8 Å².